The van der Waals surface area contributed by atoms with Crippen LogP contribution in [0.4, 0.5) is 0 Å². The van der Waals surface area contributed by atoms with Crippen LogP contribution in [0.5, 0.6) is 0 Å². The zero-order valence-corrected chi connectivity index (χ0v) is 10.3. The summed E-state index contributed by atoms with van der Waals surface area (Å²) in [6.45, 7) is 1.74. The Bertz CT molecular complexity index is 277. The number of nitrogens with zero attached hydrogens (tertiary/aromatic N) is 1. The first-order valence-electron chi connectivity index (χ1n) is 5.66. The number of hydrogen-bond acceptors (Lipinski definition) is 4. The first-order valence-corrected chi connectivity index (χ1v) is 7.48. The van der Waals surface area contributed by atoms with Crippen LogP contribution in [0.2, 0.25) is 0 Å². The number of unbranched alkanes of at least 4 members (excludes halogenated alkanes) is 2. The molecule has 1 aliphatic rings. The Hall–Kier alpha value is -0.130. The standard InChI is InChI=1S/C10H22N2O2S/c1-12(7-4-2-3-6-11)10-5-8-15(13,14)9-10/h10H,2-9,11H2,1H3. The van der Waals surface area contributed by atoms with Gasteiger partial charge in [0.25, 0.3) is 0 Å². The van der Waals surface area contributed by atoms with E-state index >= 15 is 0 Å². The summed E-state index contributed by atoms with van der Waals surface area (Å²) in [5.74, 6) is 0.713. The molecule has 5 heteroatoms. The molecule has 1 atom stereocenters. The summed E-state index contributed by atoms with van der Waals surface area (Å²) in [4.78, 5) is 2.18. The summed E-state index contributed by atoms with van der Waals surface area (Å²) in [6.07, 6.45) is 4.12. The lowest BCUT2D eigenvalue weighted by molar-refractivity contribution is 0.256. The van der Waals surface area contributed by atoms with Crippen LogP contribution in [0, 0.1) is 0 Å². The van der Waals surface area contributed by atoms with Crippen LogP contribution >= 0.6 is 0 Å². The number of rotatable bonds is 6. The van der Waals surface area contributed by atoms with Crippen molar-refractivity contribution in [3.63, 3.8) is 0 Å². The van der Waals surface area contributed by atoms with Gasteiger partial charge in [0.2, 0.25) is 0 Å². The third-order valence-electron chi connectivity index (χ3n) is 3.05. The van der Waals surface area contributed by atoms with Gasteiger partial charge in [0.1, 0.15) is 0 Å². The van der Waals surface area contributed by atoms with Crippen LogP contribution in [0.25, 0.3) is 0 Å². The molecule has 0 radical (unpaired) electrons. The fourth-order valence-corrected chi connectivity index (χ4v) is 3.79. The number of hydrogen-bond donors (Lipinski definition) is 1. The molecule has 0 spiro atoms. The second kappa shape index (κ2) is 5.82. The van der Waals surface area contributed by atoms with Crippen molar-refractivity contribution in [2.75, 3.05) is 31.6 Å². The predicted octanol–water partition coefficient (Wildman–Crippen LogP) is 0.234. The summed E-state index contributed by atoms with van der Waals surface area (Å²) >= 11 is 0. The first-order chi connectivity index (χ1) is 7.05. The van der Waals surface area contributed by atoms with Crippen molar-refractivity contribution < 1.29 is 8.42 Å². The smallest absolute Gasteiger partial charge is 0.151 e. The van der Waals surface area contributed by atoms with Crippen LogP contribution in [-0.2, 0) is 9.84 Å². The van der Waals surface area contributed by atoms with Gasteiger partial charge in [-0.2, -0.15) is 0 Å². The highest BCUT2D eigenvalue weighted by atomic mass is 32.2. The molecule has 1 saturated heterocycles. The molecule has 0 amide bonds. The Balaban J connectivity index is 2.21. The summed E-state index contributed by atoms with van der Waals surface area (Å²) in [5, 5.41) is 0. The molecule has 4 nitrogen and oxygen atoms in total. The topological polar surface area (TPSA) is 63.4 Å². The van der Waals surface area contributed by atoms with E-state index in [1.54, 1.807) is 0 Å². The van der Waals surface area contributed by atoms with Gasteiger partial charge in [-0.3, -0.25) is 0 Å². The summed E-state index contributed by atoms with van der Waals surface area (Å²) in [6, 6.07) is 0.243. The highest BCUT2D eigenvalue weighted by Gasteiger charge is 2.30. The lowest BCUT2D eigenvalue weighted by Gasteiger charge is -2.22. The Morgan fingerprint density at radius 2 is 2.07 bits per heavy atom. The molecule has 0 saturated carbocycles. The number of nitrogens with two attached hydrogens (primary N) is 1. The van der Waals surface area contributed by atoms with Crippen molar-refractivity contribution in [1.82, 2.24) is 4.90 Å². The van der Waals surface area contributed by atoms with Crippen LogP contribution in [0.15, 0.2) is 0 Å². The van der Waals surface area contributed by atoms with Gasteiger partial charge in [-0.15, -0.1) is 0 Å². The van der Waals surface area contributed by atoms with Gasteiger partial charge < -0.3 is 10.6 Å². The molecule has 1 heterocycles. The fraction of sp³-hybridized carbons (Fsp3) is 1.00. The SMILES string of the molecule is CN(CCCCCN)C1CCS(=O)(=O)C1. The normalized spacial score (nSPS) is 24.9. The molecule has 1 rings (SSSR count). The second-order valence-corrected chi connectivity index (χ2v) is 6.62. The monoisotopic (exact) mass is 234 g/mol. The minimum atomic E-state index is -2.74. The van der Waals surface area contributed by atoms with Crippen LogP contribution in [0.1, 0.15) is 25.7 Å². The van der Waals surface area contributed by atoms with E-state index in [9.17, 15) is 8.42 Å². The average Bonchev–Trinajstić information content (AvgIpc) is 2.53. The van der Waals surface area contributed by atoms with Crippen LogP contribution < -0.4 is 5.73 Å². The first kappa shape index (κ1) is 12.9. The van der Waals surface area contributed by atoms with E-state index in [1.807, 2.05) is 7.05 Å². The molecular weight excluding hydrogens is 212 g/mol. The third-order valence-corrected chi connectivity index (χ3v) is 4.80. The van der Waals surface area contributed by atoms with Crippen molar-refractivity contribution in [3.05, 3.63) is 0 Å². The maximum atomic E-state index is 11.3. The Morgan fingerprint density at radius 3 is 2.60 bits per heavy atom. The summed E-state index contributed by atoms with van der Waals surface area (Å²) in [5.41, 5.74) is 5.41. The van der Waals surface area contributed by atoms with Crippen molar-refractivity contribution in [2.45, 2.75) is 31.7 Å². The molecule has 1 unspecified atom stereocenters. The van der Waals surface area contributed by atoms with E-state index in [0.29, 0.717) is 11.5 Å². The molecule has 90 valence electrons. The predicted molar refractivity (Wildman–Crippen MR) is 62.6 cm³/mol. The second-order valence-electron chi connectivity index (χ2n) is 4.39. The van der Waals surface area contributed by atoms with E-state index < -0.39 is 9.84 Å². The van der Waals surface area contributed by atoms with E-state index in [4.69, 9.17) is 5.73 Å². The van der Waals surface area contributed by atoms with E-state index in [-0.39, 0.29) is 6.04 Å². The van der Waals surface area contributed by atoms with Gasteiger partial charge in [0, 0.05) is 6.04 Å². The van der Waals surface area contributed by atoms with Crippen molar-refractivity contribution in [1.29, 1.82) is 0 Å². The Morgan fingerprint density at radius 1 is 1.33 bits per heavy atom. The molecule has 15 heavy (non-hydrogen) atoms. The van der Waals surface area contributed by atoms with E-state index in [0.717, 1.165) is 38.8 Å². The third kappa shape index (κ3) is 4.49. The number of sulfone groups is 1. The van der Waals surface area contributed by atoms with Crippen LogP contribution in [0.3, 0.4) is 0 Å². The van der Waals surface area contributed by atoms with Crippen LogP contribution in [-0.4, -0.2) is 51.0 Å². The molecule has 0 aromatic rings. The molecule has 2 N–H and O–H groups in total. The molecule has 1 aliphatic heterocycles. The Kier molecular flexibility index (Phi) is 5.02. The zero-order chi connectivity index (χ0) is 11.3. The molecule has 0 aliphatic carbocycles. The largest absolute Gasteiger partial charge is 0.330 e. The summed E-state index contributed by atoms with van der Waals surface area (Å²) < 4.78 is 22.6. The Labute approximate surface area is 92.7 Å². The lowest BCUT2D eigenvalue weighted by Crippen LogP contribution is -2.33. The molecule has 0 bridgehead atoms. The van der Waals surface area contributed by atoms with Gasteiger partial charge in [-0.05, 0) is 39.4 Å². The molecule has 0 aromatic heterocycles. The molecule has 1 fully saturated rings. The van der Waals surface area contributed by atoms with Gasteiger partial charge >= 0.3 is 0 Å². The maximum absolute atomic E-state index is 11.3. The lowest BCUT2D eigenvalue weighted by atomic mass is 10.2. The fourth-order valence-electron chi connectivity index (χ4n) is 1.99. The maximum Gasteiger partial charge on any atom is 0.151 e. The average molecular weight is 234 g/mol. The van der Waals surface area contributed by atoms with Crippen molar-refractivity contribution in [2.24, 2.45) is 5.73 Å². The minimum absolute atomic E-state index is 0.243. The van der Waals surface area contributed by atoms with E-state index in [1.165, 1.54) is 0 Å². The van der Waals surface area contributed by atoms with E-state index in [2.05, 4.69) is 4.90 Å². The van der Waals surface area contributed by atoms with Crippen molar-refractivity contribution in [3.8, 4) is 0 Å². The zero-order valence-electron chi connectivity index (χ0n) is 9.48. The van der Waals surface area contributed by atoms with Crippen molar-refractivity contribution >= 4 is 9.84 Å². The minimum Gasteiger partial charge on any atom is -0.330 e. The molecule has 0 aromatic carbocycles. The highest BCUT2D eigenvalue weighted by Crippen LogP contribution is 2.16. The summed E-state index contributed by atoms with van der Waals surface area (Å²) in [7, 11) is -0.716. The highest BCUT2D eigenvalue weighted by molar-refractivity contribution is 7.91. The van der Waals surface area contributed by atoms with Gasteiger partial charge in [0.05, 0.1) is 11.5 Å². The van der Waals surface area contributed by atoms with Gasteiger partial charge in [-0.1, -0.05) is 6.42 Å². The quantitative estimate of drug-likeness (QED) is 0.668. The van der Waals surface area contributed by atoms with Gasteiger partial charge in [-0.25, -0.2) is 8.42 Å². The molecular formula is C10H22N2O2S. The van der Waals surface area contributed by atoms with Gasteiger partial charge in [0.15, 0.2) is 9.84 Å².